The molecule has 0 aromatic heterocycles. The van der Waals surface area contributed by atoms with E-state index in [1.165, 1.54) is 167 Å². The predicted octanol–water partition coefficient (Wildman–Crippen LogP) is 24.3. The van der Waals surface area contributed by atoms with Gasteiger partial charge in [0.15, 0.2) is 6.10 Å². The van der Waals surface area contributed by atoms with E-state index in [2.05, 4.69) is 142 Å². The van der Waals surface area contributed by atoms with E-state index in [1.54, 1.807) is 0 Å². The van der Waals surface area contributed by atoms with Crippen LogP contribution < -0.4 is 0 Å². The van der Waals surface area contributed by atoms with Crippen LogP contribution in [0.4, 0.5) is 0 Å². The van der Waals surface area contributed by atoms with Gasteiger partial charge in [-0.25, -0.2) is 0 Å². The van der Waals surface area contributed by atoms with Crippen molar-refractivity contribution in [3.05, 3.63) is 122 Å². The largest absolute Gasteiger partial charge is 0.462 e. The van der Waals surface area contributed by atoms with Crippen LogP contribution in [0.25, 0.3) is 0 Å². The zero-order valence-corrected chi connectivity index (χ0v) is 54.4. The first-order chi connectivity index (χ1) is 41.0. The van der Waals surface area contributed by atoms with Crippen molar-refractivity contribution in [2.75, 3.05) is 13.2 Å². The van der Waals surface area contributed by atoms with Crippen LogP contribution in [0.15, 0.2) is 122 Å². The monoisotopic (exact) mass is 1150 g/mol. The molecule has 0 rings (SSSR count). The average Bonchev–Trinajstić information content (AvgIpc) is 3.49. The fourth-order valence-electron chi connectivity index (χ4n) is 9.75. The number of esters is 3. The summed E-state index contributed by atoms with van der Waals surface area (Å²) in [5.74, 6) is -0.914. The Morgan fingerprint density at radius 3 is 0.747 bits per heavy atom. The van der Waals surface area contributed by atoms with Gasteiger partial charge in [0.1, 0.15) is 13.2 Å². The molecule has 474 valence electrons. The molecule has 0 spiro atoms. The summed E-state index contributed by atoms with van der Waals surface area (Å²) in [6, 6.07) is 0. The second-order valence-electron chi connectivity index (χ2n) is 23.0. The molecular formula is C77H130O6. The van der Waals surface area contributed by atoms with Crippen LogP contribution in [0.2, 0.25) is 0 Å². The minimum absolute atomic E-state index is 0.0897. The second kappa shape index (κ2) is 70.3. The highest BCUT2D eigenvalue weighted by Crippen LogP contribution is 2.17. The average molecular weight is 1150 g/mol. The molecule has 6 heteroatoms. The van der Waals surface area contributed by atoms with Crippen molar-refractivity contribution < 1.29 is 28.6 Å². The summed E-state index contributed by atoms with van der Waals surface area (Å²) in [4.78, 5) is 38.4. The maximum Gasteiger partial charge on any atom is 0.306 e. The molecule has 0 N–H and O–H groups in total. The van der Waals surface area contributed by atoms with E-state index in [4.69, 9.17) is 14.2 Å². The van der Waals surface area contributed by atoms with Crippen molar-refractivity contribution in [2.24, 2.45) is 0 Å². The lowest BCUT2D eigenvalue weighted by Crippen LogP contribution is -2.30. The molecule has 0 aromatic carbocycles. The Morgan fingerprint density at radius 1 is 0.253 bits per heavy atom. The molecule has 0 saturated heterocycles. The van der Waals surface area contributed by atoms with Gasteiger partial charge in [0.05, 0.1) is 0 Å². The van der Waals surface area contributed by atoms with Crippen molar-refractivity contribution in [3.8, 4) is 0 Å². The zero-order valence-electron chi connectivity index (χ0n) is 54.4. The molecular weight excluding hydrogens is 1020 g/mol. The summed E-state index contributed by atoms with van der Waals surface area (Å²) in [6.07, 6.45) is 98.0. The summed E-state index contributed by atoms with van der Waals surface area (Å²) in [6.45, 7) is 6.40. The van der Waals surface area contributed by atoms with Crippen LogP contribution in [0.1, 0.15) is 329 Å². The van der Waals surface area contributed by atoms with E-state index in [9.17, 15) is 14.4 Å². The first-order valence-electron chi connectivity index (χ1n) is 35.0. The van der Waals surface area contributed by atoms with E-state index < -0.39 is 6.10 Å². The number of carbonyl (C=O) groups excluding carboxylic acids is 3. The number of hydrogen-bond acceptors (Lipinski definition) is 6. The van der Waals surface area contributed by atoms with Crippen molar-refractivity contribution in [3.63, 3.8) is 0 Å². The third-order valence-corrected chi connectivity index (χ3v) is 14.9. The SMILES string of the molecule is CC/C=C\C/C=C\C/C=C\C/C=C\CCCCCCCCCCCCCCC(=O)OC(COC(=O)CCCCC/C=C\C/C=C\C/C=C\CC)COC(=O)CCCCCCCCCCCCCC/C=C\C/C=C\C/C=C\CCCCCCC. The molecule has 0 bridgehead atoms. The number of hydrogen-bond donors (Lipinski definition) is 0. The summed E-state index contributed by atoms with van der Waals surface area (Å²) in [5, 5.41) is 0. The lowest BCUT2D eigenvalue weighted by atomic mass is 10.0. The summed E-state index contributed by atoms with van der Waals surface area (Å²) in [5.41, 5.74) is 0. The van der Waals surface area contributed by atoms with Gasteiger partial charge in [-0.2, -0.15) is 0 Å². The van der Waals surface area contributed by atoms with Gasteiger partial charge < -0.3 is 14.2 Å². The van der Waals surface area contributed by atoms with Crippen molar-refractivity contribution in [1.82, 2.24) is 0 Å². The lowest BCUT2D eigenvalue weighted by molar-refractivity contribution is -0.167. The molecule has 0 fully saturated rings. The van der Waals surface area contributed by atoms with Crippen molar-refractivity contribution in [2.45, 2.75) is 335 Å². The number of ether oxygens (including phenoxy) is 3. The Morgan fingerprint density at radius 2 is 0.470 bits per heavy atom. The van der Waals surface area contributed by atoms with Gasteiger partial charge in [-0.1, -0.05) is 303 Å². The van der Waals surface area contributed by atoms with E-state index in [0.29, 0.717) is 19.3 Å². The summed E-state index contributed by atoms with van der Waals surface area (Å²) < 4.78 is 16.9. The number of rotatable bonds is 63. The van der Waals surface area contributed by atoms with Gasteiger partial charge in [0.25, 0.3) is 0 Å². The topological polar surface area (TPSA) is 78.9 Å². The van der Waals surface area contributed by atoms with Crippen molar-refractivity contribution in [1.29, 1.82) is 0 Å². The summed E-state index contributed by atoms with van der Waals surface area (Å²) in [7, 11) is 0. The molecule has 1 unspecified atom stereocenters. The molecule has 0 heterocycles. The summed E-state index contributed by atoms with van der Waals surface area (Å²) >= 11 is 0. The van der Waals surface area contributed by atoms with Crippen LogP contribution >= 0.6 is 0 Å². The Balaban J connectivity index is 4.30. The Kier molecular flexibility index (Phi) is 66.7. The van der Waals surface area contributed by atoms with Gasteiger partial charge in [-0.15, -0.1) is 0 Å². The van der Waals surface area contributed by atoms with Gasteiger partial charge in [-0.3, -0.25) is 14.4 Å². The Hall–Kier alpha value is -4.19. The minimum atomic E-state index is -0.796. The first kappa shape index (κ1) is 78.8. The van der Waals surface area contributed by atoms with E-state index in [1.807, 2.05) is 0 Å². The molecule has 0 aliphatic carbocycles. The molecule has 83 heavy (non-hydrogen) atoms. The number of unbranched alkanes of at least 4 members (excludes halogenated alkanes) is 32. The zero-order chi connectivity index (χ0) is 59.9. The second-order valence-corrected chi connectivity index (χ2v) is 23.0. The number of carbonyl (C=O) groups is 3. The van der Waals surface area contributed by atoms with Crippen LogP contribution in [-0.2, 0) is 28.6 Å². The fraction of sp³-hybridized carbons (Fsp3) is 0.701. The number of allylic oxidation sites excluding steroid dienone is 20. The molecule has 1 atom stereocenters. The highest BCUT2D eigenvalue weighted by molar-refractivity contribution is 5.71. The Bertz CT molecular complexity index is 1700. The molecule has 0 aromatic rings. The van der Waals surface area contributed by atoms with Crippen LogP contribution in [0.5, 0.6) is 0 Å². The molecule has 0 radical (unpaired) electrons. The van der Waals surface area contributed by atoms with Crippen LogP contribution in [0, 0.1) is 0 Å². The normalized spacial score (nSPS) is 12.9. The fourth-order valence-corrected chi connectivity index (χ4v) is 9.75. The van der Waals surface area contributed by atoms with Gasteiger partial charge >= 0.3 is 17.9 Å². The van der Waals surface area contributed by atoms with E-state index in [0.717, 1.165) is 122 Å². The maximum atomic E-state index is 13.0. The third-order valence-electron chi connectivity index (χ3n) is 14.9. The predicted molar refractivity (Wildman–Crippen MR) is 362 cm³/mol. The molecule has 0 aliphatic rings. The Labute approximate surface area is 513 Å². The first-order valence-corrected chi connectivity index (χ1v) is 35.0. The molecule has 0 saturated carbocycles. The quantitative estimate of drug-likeness (QED) is 0.0261. The highest BCUT2D eigenvalue weighted by atomic mass is 16.6. The van der Waals surface area contributed by atoms with Crippen LogP contribution in [0.3, 0.4) is 0 Å². The van der Waals surface area contributed by atoms with Gasteiger partial charge in [0, 0.05) is 19.3 Å². The van der Waals surface area contributed by atoms with E-state index in [-0.39, 0.29) is 31.1 Å². The maximum absolute atomic E-state index is 13.0. The van der Waals surface area contributed by atoms with Crippen molar-refractivity contribution >= 4 is 17.9 Å². The highest BCUT2D eigenvalue weighted by Gasteiger charge is 2.19. The molecule has 6 nitrogen and oxygen atoms in total. The molecule has 0 aliphatic heterocycles. The minimum Gasteiger partial charge on any atom is -0.462 e. The van der Waals surface area contributed by atoms with Crippen LogP contribution in [-0.4, -0.2) is 37.2 Å². The third kappa shape index (κ3) is 68.5. The standard InChI is InChI=1S/C77H130O6/c1-4-7-10-13-16-19-22-25-27-29-31-33-35-37-38-40-41-43-45-47-49-52-55-58-61-64-67-70-76(79)82-73-74(72-81-75(78)69-66-63-60-57-54-51-24-21-18-15-12-9-6-3)83-77(80)71-68-65-62-59-56-53-50-48-46-44-42-39-36-34-32-30-28-26-23-20-17-14-11-8-5-2/h8-9,11-12,17-18,20-22,25-26,28-29,31-32,34-35,37,51,54,74H,4-7,10,13-16,19,23-24,27,30,33,36,38-50,52-53,55-73H2,1-3H3/b11-8-,12-9-,20-17-,21-18-,25-22-,28-26-,31-29-,34-32-,37-35-,54-51-. The van der Waals surface area contributed by atoms with Gasteiger partial charge in [-0.05, 0) is 128 Å². The van der Waals surface area contributed by atoms with Gasteiger partial charge in [0.2, 0.25) is 0 Å². The smallest absolute Gasteiger partial charge is 0.306 e. The molecule has 0 amide bonds. The lowest BCUT2D eigenvalue weighted by Gasteiger charge is -2.18. The van der Waals surface area contributed by atoms with E-state index >= 15 is 0 Å².